The van der Waals surface area contributed by atoms with Crippen LogP contribution in [-0.4, -0.2) is 32.7 Å². The van der Waals surface area contributed by atoms with Crippen LogP contribution in [0.5, 0.6) is 11.5 Å². The van der Waals surface area contributed by atoms with Crippen molar-refractivity contribution in [3.8, 4) is 11.5 Å². The average Bonchev–Trinajstić information content (AvgIpc) is 3.11. The lowest BCUT2D eigenvalue weighted by Gasteiger charge is -2.11. The number of methoxy groups -OCH3 is 2. The molecule has 2 rings (SSSR count). The second kappa shape index (κ2) is 4.14. The van der Waals surface area contributed by atoms with Crippen LogP contribution in [-0.2, 0) is 4.74 Å². The van der Waals surface area contributed by atoms with Gasteiger partial charge in [0.25, 0.3) is 0 Å². The fourth-order valence-electron chi connectivity index (χ4n) is 1.62. The Bertz CT molecular complexity index is 421. The first-order valence-corrected chi connectivity index (χ1v) is 5.05. The summed E-state index contributed by atoms with van der Waals surface area (Å²) in [5, 5.41) is 0. The molecule has 0 aromatic heterocycles. The summed E-state index contributed by atoms with van der Waals surface area (Å²) in [5.41, 5.74) is 1.51. The molecule has 0 spiro atoms. The highest BCUT2D eigenvalue weighted by Gasteiger charge is 2.33. The molecule has 0 saturated carbocycles. The van der Waals surface area contributed by atoms with Crippen LogP contribution in [0.15, 0.2) is 12.1 Å². The molecule has 1 unspecified atom stereocenters. The molecule has 1 aromatic rings. The van der Waals surface area contributed by atoms with Crippen molar-refractivity contribution in [2.45, 2.75) is 13.0 Å². The number of Topliss-reactive ketones (excluding diaryl/α,β-unsaturated/α-hetero) is 1. The summed E-state index contributed by atoms with van der Waals surface area (Å²) in [6, 6.07) is 3.51. The molecular weight excluding hydrogens is 208 g/mol. The fraction of sp³-hybridized carbons (Fsp3) is 0.417. The first kappa shape index (κ1) is 11.0. The molecule has 1 heterocycles. The molecule has 0 N–H and O–H groups in total. The maximum absolute atomic E-state index is 11.9. The standard InChI is InChI=1S/C12H14O4/c1-7-4-9(14-2)10(15-3)5-8(7)12(13)11-6-16-11/h4-5,11H,6H2,1-3H3. The van der Waals surface area contributed by atoms with Crippen molar-refractivity contribution in [2.75, 3.05) is 20.8 Å². The largest absolute Gasteiger partial charge is 0.493 e. The van der Waals surface area contributed by atoms with Gasteiger partial charge in [-0.15, -0.1) is 0 Å². The van der Waals surface area contributed by atoms with Crippen LogP contribution in [0.4, 0.5) is 0 Å². The van der Waals surface area contributed by atoms with E-state index in [9.17, 15) is 4.79 Å². The third-order valence-electron chi connectivity index (χ3n) is 2.62. The van der Waals surface area contributed by atoms with E-state index in [4.69, 9.17) is 14.2 Å². The smallest absolute Gasteiger partial charge is 0.194 e. The second-order valence-corrected chi connectivity index (χ2v) is 3.71. The summed E-state index contributed by atoms with van der Waals surface area (Å²) in [6.45, 7) is 2.39. The molecule has 0 aliphatic carbocycles. The first-order valence-electron chi connectivity index (χ1n) is 5.05. The van der Waals surface area contributed by atoms with Crippen LogP contribution >= 0.6 is 0 Å². The number of carbonyl (C=O) groups is 1. The van der Waals surface area contributed by atoms with Gasteiger partial charge >= 0.3 is 0 Å². The summed E-state index contributed by atoms with van der Waals surface area (Å²) >= 11 is 0. The van der Waals surface area contributed by atoms with E-state index >= 15 is 0 Å². The number of aryl methyl sites for hydroxylation is 1. The minimum atomic E-state index is -0.267. The Kier molecular flexibility index (Phi) is 2.83. The monoisotopic (exact) mass is 222 g/mol. The normalized spacial score (nSPS) is 18.1. The predicted octanol–water partition coefficient (Wildman–Crippen LogP) is 1.59. The van der Waals surface area contributed by atoms with Crippen molar-refractivity contribution in [2.24, 2.45) is 0 Å². The van der Waals surface area contributed by atoms with Gasteiger partial charge < -0.3 is 14.2 Å². The SMILES string of the molecule is COc1cc(C)c(C(=O)C2CO2)cc1OC. The molecular formula is C12H14O4. The summed E-state index contributed by atoms with van der Waals surface area (Å²) in [7, 11) is 3.12. The Labute approximate surface area is 94.1 Å². The van der Waals surface area contributed by atoms with E-state index in [0.29, 0.717) is 23.7 Å². The van der Waals surface area contributed by atoms with Gasteiger partial charge in [-0.2, -0.15) is 0 Å². The molecule has 1 aliphatic rings. The number of carbonyl (C=O) groups excluding carboxylic acids is 1. The maximum Gasteiger partial charge on any atom is 0.194 e. The zero-order chi connectivity index (χ0) is 11.7. The summed E-state index contributed by atoms with van der Waals surface area (Å²) in [5.74, 6) is 1.21. The fourth-order valence-corrected chi connectivity index (χ4v) is 1.62. The van der Waals surface area contributed by atoms with Crippen molar-refractivity contribution in [3.05, 3.63) is 23.3 Å². The summed E-state index contributed by atoms with van der Waals surface area (Å²) in [4.78, 5) is 11.9. The van der Waals surface area contributed by atoms with Gasteiger partial charge in [0.1, 0.15) is 6.10 Å². The number of rotatable bonds is 4. The highest BCUT2D eigenvalue weighted by atomic mass is 16.6. The van der Waals surface area contributed by atoms with Crippen LogP contribution < -0.4 is 9.47 Å². The van der Waals surface area contributed by atoms with Gasteiger partial charge in [0.05, 0.1) is 20.8 Å². The minimum absolute atomic E-state index is 0.0125. The molecule has 0 radical (unpaired) electrons. The van der Waals surface area contributed by atoms with Gasteiger partial charge in [0, 0.05) is 5.56 Å². The van der Waals surface area contributed by atoms with E-state index in [1.54, 1.807) is 26.4 Å². The van der Waals surface area contributed by atoms with Gasteiger partial charge in [-0.1, -0.05) is 0 Å². The molecule has 1 aliphatic heterocycles. The number of hydrogen-bond acceptors (Lipinski definition) is 4. The minimum Gasteiger partial charge on any atom is -0.493 e. The van der Waals surface area contributed by atoms with Crippen molar-refractivity contribution in [1.29, 1.82) is 0 Å². The molecule has 16 heavy (non-hydrogen) atoms. The molecule has 1 fully saturated rings. The van der Waals surface area contributed by atoms with Crippen molar-refractivity contribution in [3.63, 3.8) is 0 Å². The lowest BCUT2D eigenvalue weighted by atomic mass is 10.0. The van der Waals surface area contributed by atoms with E-state index in [0.717, 1.165) is 5.56 Å². The molecule has 86 valence electrons. The van der Waals surface area contributed by atoms with E-state index < -0.39 is 0 Å². The Morgan fingerprint density at radius 1 is 1.31 bits per heavy atom. The first-order chi connectivity index (χ1) is 7.67. The van der Waals surface area contributed by atoms with Gasteiger partial charge in [0.15, 0.2) is 17.3 Å². The highest BCUT2D eigenvalue weighted by Crippen LogP contribution is 2.31. The van der Waals surface area contributed by atoms with Crippen LogP contribution in [0.25, 0.3) is 0 Å². The van der Waals surface area contributed by atoms with Crippen LogP contribution in [0, 0.1) is 6.92 Å². The average molecular weight is 222 g/mol. The number of ether oxygens (including phenoxy) is 3. The van der Waals surface area contributed by atoms with Crippen LogP contribution in [0.2, 0.25) is 0 Å². The van der Waals surface area contributed by atoms with E-state index in [1.807, 2.05) is 6.92 Å². The zero-order valence-corrected chi connectivity index (χ0v) is 9.57. The predicted molar refractivity (Wildman–Crippen MR) is 58.4 cm³/mol. The molecule has 0 bridgehead atoms. The summed E-state index contributed by atoms with van der Waals surface area (Å²) < 4.78 is 15.3. The highest BCUT2D eigenvalue weighted by molar-refractivity contribution is 6.02. The van der Waals surface area contributed by atoms with Gasteiger partial charge in [-0.3, -0.25) is 4.79 Å². The molecule has 4 heteroatoms. The molecule has 0 amide bonds. The third-order valence-corrected chi connectivity index (χ3v) is 2.62. The maximum atomic E-state index is 11.9. The Morgan fingerprint density at radius 2 is 1.88 bits per heavy atom. The zero-order valence-electron chi connectivity index (χ0n) is 9.57. The lowest BCUT2D eigenvalue weighted by Crippen LogP contribution is -2.09. The Hall–Kier alpha value is -1.55. The lowest BCUT2D eigenvalue weighted by molar-refractivity contribution is 0.0952. The van der Waals surface area contributed by atoms with Crippen molar-refractivity contribution < 1.29 is 19.0 Å². The van der Waals surface area contributed by atoms with E-state index in [-0.39, 0.29) is 11.9 Å². The quantitative estimate of drug-likeness (QED) is 0.573. The Balaban J connectivity index is 2.41. The third kappa shape index (κ3) is 1.88. The van der Waals surface area contributed by atoms with Gasteiger partial charge in [-0.05, 0) is 24.6 Å². The van der Waals surface area contributed by atoms with Crippen LogP contribution in [0.3, 0.4) is 0 Å². The van der Waals surface area contributed by atoms with Gasteiger partial charge in [0.2, 0.25) is 0 Å². The molecule has 1 aromatic carbocycles. The van der Waals surface area contributed by atoms with Crippen molar-refractivity contribution in [1.82, 2.24) is 0 Å². The number of ketones is 1. The Morgan fingerprint density at radius 3 is 2.38 bits per heavy atom. The summed E-state index contributed by atoms with van der Waals surface area (Å²) in [6.07, 6.45) is -0.267. The number of epoxide rings is 1. The number of hydrogen-bond donors (Lipinski definition) is 0. The van der Waals surface area contributed by atoms with Crippen molar-refractivity contribution >= 4 is 5.78 Å². The second-order valence-electron chi connectivity index (χ2n) is 3.71. The van der Waals surface area contributed by atoms with E-state index in [1.165, 1.54) is 0 Å². The topological polar surface area (TPSA) is 48.1 Å². The molecule has 1 saturated heterocycles. The number of benzene rings is 1. The molecule has 4 nitrogen and oxygen atoms in total. The van der Waals surface area contributed by atoms with E-state index in [2.05, 4.69) is 0 Å². The van der Waals surface area contributed by atoms with Crippen LogP contribution in [0.1, 0.15) is 15.9 Å². The molecule has 1 atom stereocenters. The van der Waals surface area contributed by atoms with Gasteiger partial charge in [-0.25, -0.2) is 0 Å².